The molecule has 0 heterocycles. The van der Waals surface area contributed by atoms with E-state index in [-0.39, 0.29) is 0 Å². The number of hydrogen-bond donors (Lipinski definition) is 0. The summed E-state index contributed by atoms with van der Waals surface area (Å²) < 4.78 is 0. The Bertz CT molecular complexity index is 419. The van der Waals surface area contributed by atoms with E-state index in [0.29, 0.717) is 10.7 Å². The monoisotopic (exact) mass is 362 g/mol. The summed E-state index contributed by atoms with van der Waals surface area (Å²) in [5.41, 5.74) is 1.23. The number of benzene rings is 1. The first kappa shape index (κ1) is 15.7. The Labute approximate surface area is 135 Å². The minimum Gasteiger partial charge on any atom is -0.0888 e. The molecule has 0 saturated heterocycles. The van der Waals surface area contributed by atoms with Gasteiger partial charge in [-0.25, -0.2) is 0 Å². The smallest absolute Gasteiger partial charge is 0.0452 e. The molecule has 0 aliphatic heterocycles. The predicted octanol–water partition coefficient (Wildman–Crippen LogP) is 6.52. The zero-order valence-electron chi connectivity index (χ0n) is 11.3. The van der Waals surface area contributed by atoms with Crippen LogP contribution in [0.3, 0.4) is 0 Å². The Morgan fingerprint density at radius 3 is 2.74 bits per heavy atom. The van der Waals surface area contributed by atoms with Crippen LogP contribution in [-0.2, 0) is 6.42 Å². The van der Waals surface area contributed by atoms with Crippen LogP contribution in [0.2, 0.25) is 10.0 Å². The highest BCUT2D eigenvalue weighted by Gasteiger charge is 2.28. The SMILES string of the molecule is CCCC1CCC(Br)C(Cc2ccc(Cl)cc2Cl)C1. The van der Waals surface area contributed by atoms with Gasteiger partial charge in [-0.1, -0.05) is 65.0 Å². The molecule has 0 nitrogen and oxygen atoms in total. The van der Waals surface area contributed by atoms with E-state index in [0.717, 1.165) is 22.4 Å². The first-order valence-electron chi connectivity index (χ1n) is 7.18. The lowest BCUT2D eigenvalue weighted by Gasteiger charge is -2.33. The standard InChI is InChI=1S/C16H21BrCl2/c1-2-3-11-4-7-15(17)13(8-11)9-12-5-6-14(18)10-16(12)19/h5-6,10-11,13,15H,2-4,7-9H2,1H3. The van der Waals surface area contributed by atoms with Gasteiger partial charge in [-0.2, -0.15) is 0 Å². The number of rotatable bonds is 4. The Hall–Kier alpha value is 0.280. The summed E-state index contributed by atoms with van der Waals surface area (Å²) in [4.78, 5) is 0.632. The van der Waals surface area contributed by atoms with Crippen molar-refractivity contribution in [3.63, 3.8) is 0 Å². The van der Waals surface area contributed by atoms with E-state index in [9.17, 15) is 0 Å². The molecule has 0 aromatic heterocycles. The molecule has 3 unspecified atom stereocenters. The number of alkyl halides is 1. The first-order chi connectivity index (χ1) is 9.10. The Balaban J connectivity index is 2.03. The Kier molecular flexibility index (Phi) is 6.05. The quantitative estimate of drug-likeness (QED) is 0.534. The van der Waals surface area contributed by atoms with Gasteiger partial charge in [0.25, 0.3) is 0 Å². The van der Waals surface area contributed by atoms with Gasteiger partial charge in [0.15, 0.2) is 0 Å². The molecule has 0 N–H and O–H groups in total. The van der Waals surface area contributed by atoms with Crippen LogP contribution < -0.4 is 0 Å². The molecule has 1 fully saturated rings. The van der Waals surface area contributed by atoms with Gasteiger partial charge in [0.2, 0.25) is 0 Å². The summed E-state index contributed by atoms with van der Waals surface area (Å²) in [5.74, 6) is 1.60. The van der Waals surface area contributed by atoms with Crippen LogP contribution in [0.4, 0.5) is 0 Å². The van der Waals surface area contributed by atoms with Crippen molar-refractivity contribution in [3.05, 3.63) is 33.8 Å². The largest absolute Gasteiger partial charge is 0.0888 e. The van der Waals surface area contributed by atoms with Crippen LogP contribution >= 0.6 is 39.1 Å². The lowest BCUT2D eigenvalue weighted by molar-refractivity contribution is 0.263. The molecule has 19 heavy (non-hydrogen) atoms. The van der Waals surface area contributed by atoms with Crippen LogP contribution in [0, 0.1) is 11.8 Å². The van der Waals surface area contributed by atoms with E-state index in [1.54, 1.807) is 0 Å². The molecule has 1 aliphatic rings. The van der Waals surface area contributed by atoms with Gasteiger partial charge < -0.3 is 0 Å². The van der Waals surface area contributed by atoms with E-state index in [1.807, 2.05) is 12.1 Å². The molecule has 0 amide bonds. The maximum Gasteiger partial charge on any atom is 0.0452 e. The number of halogens is 3. The van der Waals surface area contributed by atoms with Gasteiger partial charge in [-0.3, -0.25) is 0 Å². The van der Waals surface area contributed by atoms with Crippen molar-refractivity contribution in [3.8, 4) is 0 Å². The highest BCUT2D eigenvalue weighted by molar-refractivity contribution is 9.09. The van der Waals surface area contributed by atoms with Crippen LogP contribution in [-0.4, -0.2) is 4.83 Å². The molecule has 106 valence electrons. The fraction of sp³-hybridized carbons (Fsp3) is 0.625. The second-order valence-corrected chi connectivity index (χ2v) is 7.70. The van der Waals surface area contributed by atoms with Gasteiger partial charge in [-0.05, 0) is 55.2 Å². The van der Waals surface area contributed by atoms with E-state index in [1.165, 1.54) is 37.7 Å². The molecule has 1 aromatic rings. The molecule has 3 heteroatoms. The summed E-state index contributed by atoms with van der Waals surface area (Å²) in [6, 6.07) is 5.88. The first-order valence-corrected chi connectivity index (χ1v) is 8.85. The van der Waals surface area contributed by atoms with Crippen molar-refractivity contribution in [2.24, 2.45) is 11.8 Å². The highest BCUT2D eigenvalue weighted by Crippen LogP contribution is 2.38. The highest BCUT2D eigenvalue weighted by atomic mass is 79.9. The molecule has 3 atom stereocenters. The lowest BCUT2D eigenvalue weighted by Crippen LogP contribution is -2.26. The van der Waals surface area contributed by atoms with Crippen molar-refractivity contribution in [2.75, 3.05) is 0 Å². The molecule has 0 bridgehead atoms. The second kappa shape index (κ2) is 7.33. The molecular weight excluding hydrogens is 343 g/mol. The molecule has 0 spiro atoms. The van der Waals surface area contributed by atoms with Crippen LogP contribution in [0.25, 0.3) is 0 Å². The summed E-state index contributed by atoms with van der Waals surface area (Å²) in [5, 5.41) is 1.53. The fourth-order valence-electron chi connectivity index (χ4n) is 3.18. The maximum absolute atomic E-state index is 6.29. The van der Waals surface area contributed by atoms with E-state index in [2.05, 4.69) is 28.9 Å². The average Bonchev–Trinajstić information content (AvgIpc) is 2.37. The molecule has 1 aliphatic carbocycles. The number of hydrogen-bond acceptors (Lipinski definition) is 0. The Morgan fingerprint density at radius 1 is 1.26 bits per heavy atom. The topological polar surface area (TPSA) is 0 Å². The summed E-state index contributed by atoms with van der Waals surface area (Å²) in [6.07, 6.45) is 7.71. The summed E-state index contributed by atoms with van der Waals surface area (Å²) in [7, 11) is 0. The van der Waals surface area contributed by atoms with Crippen LogP contribution in [0.15, 0.2) is 18.2 Å². The zero-order valence-corrected chi connectivity index (χ0v) is 14.4. The van der Waals surface area contributed by atoms with Gasteiger partial charge in [-0.15, -0.1) is 0 Å². The van der Waals surface area contributed by atoms with Gasteiger partial charge >= 0.3 is 0 Å². The normalized spacial score (nSPS) is 27.5. The van der Waals surface area contributed by atoms with Gasteiger partial charge in [0.05, 0.1) is 0 Å². The Morgan fingerprint density at radius 2 is 2.05 bits per heavy atom. The minimum absolute atomic E-state index is 0.632. The minimum atomic E-state index is 0.632. The average molecular weight is 364 g/mol. The van der Waals surface area contributed by atoms with Crippen molar-refractivity contribution in [1.82, 2.24) is 0 Å². The predicted molar refractivity (Wildman–Crippen MR) is 88.6 cm³/mol. The van der Waals surface area contributed by atoms with Crippen molar-refractivity contribution < 1.29 is 0 Å². The van der Waals surface area contributed by atoms with Crippen LogP contribution in [0.5, 0.6) is 0 Å². The second-order valence-electron chi connectivity index (χ2n) is 5.68. The third kappa shape index (κ3) is 4.37. The van der Waals surface area contributed by atoms with Crippen LogP contribution in [0.1, 0.15) is 44.6 Å². The third-order valence-electron chi connectivity index (χ3n) is 4.19. The van der Waals surface area contributed by atoms with Gasteiger partial charge in [0.1, 0.15) is 0 Å². The molecule has 1 aromatic carbocycles. The summed E-state index contributed by atoms with van der Waals surface area (Å²) in [6.45, 7) is 2.28. The van der Waals surface area contributed by atoms with Crippen molar-refractivity contribution in [1.29, 1.82) is 0 Å². The van der Waals surface area contributed by atoms with Crippen molar-refractivity contribution in [2.45, 2.75) is 50.3 Å². The third-order valence-corrected chi connectivity index (χ3v) is 5.98. The summed E-state index contributed by atoms with van der Waals surface area (Å²) >= 11 is 16.1. The van der Waals surface area contributed by atoms with Gasteiger partial charge in [0, 0.05) is 14.9 Å². The molecule has 1 saturated carbocycles. The molecule has 2 rings (SSSR count). The van der Waals surface area contributed by atoms with E-state index >= 15 is 0 Å². The van der Waals surface area contributed by atoms with E-state index < -0.39 is 0 Å². The van der Waals surface area contributed by atoms with E-state index in [4.69, 9.17) is 23.2 Å². The van der Waals surface area contributed by atoms with Crippen molar-refractivity contribution >= 4 is 39.1 Å². The molecular formula is C16H21BrCl2. The fourth-order valence-corrected chi connectivity index (χ4v) is 4.33. The maximum atomic E-state index is 6.29. The lowest BCUT2D eigenvalue weighted by atomic mass is 9.77. The zero-order chi connectivity index (χ0) is 13.8. The molecule has 0 radical (unpaired) electrons.